The van der Waals surface area contributed by atoms with Crippen molar-refractivity contribution in [1.29, 1.82) is 0 Å². The van der Waals surface area contributed by atoms with Crippen LogP contribution >= 0.6 is 0 Å². The zero-order chi connectivity index (χ0) is 15.2. The zero-order valence-corrected chi connectivity index (χ0v) is 14.7. The number of nitrogens with two attached hydrogens (primary N) is 1. The predicted molar refractivity (Wildman–Crippen MR) is 90.0 cm³/mol. The summed E-state index contributed by atoms with van der Waals surface area (Å²) in [5.74, 6) is 0.828. The average molecular weight is 283 g/mol. The highest BCUT2D eigenvalue weighted by atomic mass is 15.2. The number of hydrogen-bond acceptors (Lipinski definition) is 2. The van der Waals surface area contributed by atoms with Crippen LogP contribution in [0.2, 0.25) is 0 Å². The van der Waals surface area contributed by atoms with Gasteiger partial charge in [0, 0.05) is 18.6 Å². The molecule has 1 unspecified atom stereocenters. The van der Waals surface area contributed by atoms with Crippen molar-refractivity contribution in [3.63, 3.8) is 0 Å². The third kappa shape index (κ3) is 4.46. The van der Waals surface area contributed by atoms with Crippen molar-refractivity contribution < 1.29 is 0 Å². The average Bonchev–Trinajstić information content (AvgIpc) is 2.59. The summed E-state index contributed by atoms with van der Waals surface area (Å²) in [6, 6.07) is 0. The molecule has 0 bridgehead atoms. The molecular weight excluding hydrogens is 244 g/mol. The highest BCUT2D eigenvalue weighted by Gasteiger charge is 2.39. The molecule has 120 valence electrons. The van der Waals surface area contributed by atoms with E-state index in [9.17, 15) is 0 Å². The van der Waals surface area contributed by atoms with Crippen LogP contribution in [0.25, 0.3) is 0 Å². The van der Waals surface area contributed by atoms with E-state index in [4.69, 9.17) is 5.73 Å². The standard InChI is InChI=1S/C18H38N2/c1-6-16(7-2)14-20(8-3)18(15-19)11-9-10-17(4,5)12-13-18/h16H,6-15,19H2,1-5H3. The molecule has 2 nitrogen and oxygen atoms in total. The molecule has 1 rings (SSSR count). The maximum absolute atomic E-state index is 6.29. The van der Waals surface area contributed by atoms with Gasteiger partial charge in [-0.05, 0) is 43.6 Å². The third-order valence-corrected chi connectivity index (χ3v) is 5.83. The minimum atomic E-state index is 0.269. The van der Waals surface area contributed by atoms with Gasteiger partial charge in [-0.2, -0.15) is 0 Å². The molecule has 1 atom stereocenters. The molecule has 2 N–H and O–H groups in total. The first-order valence-electron chi connectivity index (χ1n) is 8.88. The molecular formula is C18H38N2. The molecule has 1 fully saturated rings. The number of rotatable bonds is 7. The second-order valence-corrected chi connectivity index (χ2v) is 7.67. The van der Waals surface area contributed by atoms with Gasteiger partial charge in [0.1, 0.15) is 0 Å². The second-order valence-electron chi connectivity index (χ2n) is 7.67. The Bertz CT molecular complexity index is 271. The number of nitrogens with zero attached hydrogens (tertiary/aromatic N) is 1. The van der Waals surface area contributed by atoms with E-state index >= 15 is 0 Å². The van der Waals surface area contributed by atoms with Gasteiger partial charge in [0.05, 0.1) is 0 Å². The Balaban J connectivity index is 2.83. The first-order valence-corrected chi connectivity index (χ1v) is 8.88. The van der Waals surface area contributed by atoms with Gasteiger partial charge in [-0.25, -0.2) is 0 Å². The Morgan fingerprint density at radius 2 is 1.65 bits per heavy atom. The topological polar surface area (TPSA) is 29.3 Å². The first-order chi connectivity index (χ1) is 9.43. The molecule has 20 heavy (non-hydrogen) atoms. The van der Waals surface area contributed by atoms with Crippen LogP contribution in [-0.2, 0) is 0 Å². The van der Waals surface area contributed by atoms with E-state index in [2.05, 4.69) is 39.5 Å². The Morgan fingerprint density at radius 3 is 2.15 bits per heavy atom. The van der Waals surface area contributed by atoms with Crippen LogP contribution in [0.3, 0.4) is 0 Å². The van der Waals surface area contributed by atoms with Gasteiger partial charge in [0.25, 0.3) is 0 Å². The molecule has 1 aliphatic rings. The molecule has 2 heteroatoms. The predicted octanol–water partition coefficient (Wildman–Crippen LogP) is 4.43. The first kappa shape index (κ1) is 18.0. The van der Waals surface area contributed by atoms with Crippen LogP contribution in [0.5, 0.6) is 0 Å². The van der Waals surface area contributed by atoms with E-state index in [1.54, 1.807) is 0 Å². The molecule has 0 amide bonds. The van der Waals surface area contributed by atoms with E-state index in [0.29, 0.717) is 5.41 Å². The SMILES string of the molecule is CCC(CC)CN(CC)C1(CN)CCCC(C)(C)CC1. The van der Waals surface area contributed by atoms with Crippen molar-refractivity contribution in [2.45, 2.75) is 85.1 Å². The Labute approximate surface area is 127 Å². The van der Waals surface area contributed by atoms with E-state index in [-0.39, 0.29) is 5.54 Å². The fourth-order valence-electron chi connectivity index (χ4n) is 3.88. The lowest BCUT2D eigenvalue weighted by Gasteiger charge is -2.44. The summed E-state index contributed by atoms with van der Waals surface area (Å²) < 4.78 is 0. The molecule has 0 radical (unpaired) electrons. The molecule has 0 aromatic heterocycles. The lowest BCUT2D eigenvalue weighted by Crippen LogP contribution is -2.55. The number of likely N-dealkylation sites (N-methyl/N-ethyl adjacent to an activating group) is 1. The molecule has 0 aromatic carbocycles. The lowest BCUT2D eigenvalue weighted by atomic mass is 9.82. The molecule has 0 heterocycles. The van der Waals surface area contributed by atoms with Crippen molar-refractivity contribution in [1.82, 2.24) is 4.90 Å². The summed E-state index contributed by atoms with van der Waals surface area (Å²) in [7, 11) is 0. The fourth-order valence-corrected chi connectivity index (χ4v) is 3.88. The van der Waals surface area contributed by atoms with Crippen LogP contribution in [-0.4, -0.2) is 30.1 Å². The maximum atomic E-state index is 6.29. The van der Waals surface area contributed by atoms with Gasteiger partial charge in [-0.15, -0.1) is 0 Å². The summed E-state index contributed by atoms with van der Waals surface area (Å²) >= 11 is 0. The zero-order valence-electron chi connectivity index (χ0n) is 14.7. The van der Waals surface area contributed by atoms with Crippen molar-refractivity contribution in [2.75, 3.05) is 19.6 Å². The van der Waals surface area contributed by atoms with Gasteiger partial charge >= 0.3 is 0 Å². The molecule has 0 spiro atoms. The van der Waals surface area contributed by atoms with Gasteiger partial charge < -0.3 is 5.73 Å². The minimum Gasteiger partial charge on any atom is -0.329 e. The van der Waals surface area contributed by atoms with Crippen LogP contribution in [0.15, 0.2) is 0 Å². The molecule has 0 aliphatic heterocycles. The van der Waals surface area contributed by atoms with Crippen LogP contribution in [0.1, 0.15) is 79.6 Å². The van der Waals surface area contributed by atoms with E-state index in [1.807, 2.05) is 0 Å². The Morgan fingerprint density at radius 1 is 1.00 bits per heavy atom. The summed E-state index contributed by atoms with van der Waals surface area (Å²) in [6.07, 6.45) is 9.17. The van der Waals surface area contributed by atoms with Crippen LogP contribution < -0.4 is 5.73 Å². The van der Waals surface area contributed by atoms with Crippen LogP contribution in [0.4, 0.5) is 0 Å². The Hall–Kier alpha value is -0.0800. The monoisotopic (exact) mass is 282 g/mol. The van der Waals surface area contributed by atoms with Gasteiger partial charge in [-0.3, -0.25) is 4.90 Å². The quantitative estimate of drug-likeness (QED) is 0.700. The van der Waals surface area contributed by atoms with Crippen molar-refractivity contribution >= 4 is 0 Å². The van der Waals surface area contributed by atoms with Crippen LogP contribution in [0, 0.1) is 11.3 Å². The smallest absolute Gasteiger partial charge is 0.0331 e. The lowest BCUT2D eigenvalue weighted by molar-refractivity contribution is 0.0623. The summed E-state index contributed by atoms with van der Waals surface area (Å²) in [6.45, 7) is 15.0. The minimum absolute atomic E-state index is 0.269. The number of hydrogen-bond donors (Lipinski definition) is 1. The van der Waals surface area contributed by atoms with Crippen molar-refractivity contribution in [3.05, 3.63) is 0 Å². The second kappa shape index (κ2) is 7.79. The van der Waals surface area contributed by atoms with Gasteiger partial charge in [0.2, 0.25) is 0 Å². The molecule has 0 aromatic rings. The third-order valence-electron chi connectivity index (χ3n) is 5.83. The summed E-state index contributed by atoms with van der Waals surface area (Å²) in [4.78, 5) is 2.73. The van der Waals surface area contributed by atoms with Crippen molar-refractivity contribution in [2.24, 2.45) is 17.1 Å². The normalized spacial score (nSPS) is 27.0. The van der Waals surface area contributed by atoms with Gasteiger partial charge in [0.15, 0.2) is 0 Å². The fraction of sp³-hybridized carbons (Fsp3) is 1.00. The maximum Gasteiger partial charge on any atom is 0.0331 e. The summed E-state index contributed by atoms with van der Waals surface area (Å²) in [5, 5.41) is 0. The van der Waals surface area contributed by atoms with E-state index in [1.165, 1.54) is 51.5 Å². The van der Waals surface area contributed by atoms with Gasteiger partial charge in [-0.1, -0.05) is 53.9 Å². The molecule has 0 saturated heterocycles. The highest BCUT2D eigenvalue weighted by molar-refractivity contribution is 4.96. The Kier molecular flexibility index (Phi) is 7.00. The van der Waals surface area contributed by atoms with E-state index < -0.39 is 0 Å². The van der Waals surface area contributed by atoms with E-state index in [0.717, 1.165) is 19.0 Å². The summed E-state index contributed by atoms with van der Waals surface area (Å²) in [5.41, 5.74) is 7.06. The highest BCUT2D eigenvalue weighted by Crippen LogP contribution is 2.40. The molecule has 1 saturated carbocycles. The largest absolute Gasteiger partial charge is 0.329 e. The van der Waals surface area contributed by atoms with Crippen molar-refractivity contribution in [3.8, 4) is 0 Å². The molecule has 1 aliphatic carbocycles.